The topological polar surface area (TPSA) is 56.8 Å². The number of carbonyl (C=O) groups excluding carboxylic acids is 1. The van der Waals surface area contributed by atoms with Crippen molar-refractivity contribution >= 4 is 6.09 Å². The summed E-state index contributed by atoms with van der Waals surface area (Å²) in [5, 5.41) is 2.76. The number of carbonyl (C=O) groups is 1. The molecule has 2 aromatic rings. The lowest BCUT2D eigenvalue weighted by Gasteiger charge is -2.25. The first-order valence-corrected chi connectivity index (χ1v) is 8.22. The van der Waals surface area contributed by atoms with Gasteiger partial charge in [0.1, 0.15) is 0 Å². The van der Waals surface area contributed by atoms with E-state index in [0.717, 1.165) is 11.1 Å². The predicted octanol–water partition coefficient (Wildman–Crippen LogP) is 3.45. The van der Waals surface area contributed by atoms with Crippen molar-refractivity contribution in [3.63, 3.8) is 0 Å². The Morgan fingerprint density at radius 3 is 2.20 bits per heavy atom. The van der Waals surface area contributed by atoms with Gasteiger partial charge in [0.25, 0.3) is 0 Å². The molecule has 0 aromatic heterocycles. The molecule has 1 unspecified atom stereocenters. The van der Waals surface area contributed by atoms with Crippen molar-refractivity contribution in [1.29, 1.82) is 0 Å². The van der Waals surface area contributed by atoms with Gasteiger partial charge in [-0.1, -0.05) is 60.2 Å². The molecule has 0 spiro atoms. The van der Waals surface area contributed by atoms with E-state index in [1.165, 1.54) is 19.8 Å². The van der Waals surface area contributed by atoms with Crippen LogP contribution in [0.3, 0.4) is 0 Å². The van der Waals surface area contributed by atoms with Crippen LogP contribution in [0.2, 0.25) is 0 Å². The van der Waals surface area contributed by atoms with Crippen LogP contribution in [0.15, 0.2) is 54.6 Å². The third-order valence-corrected chi connectivity index (χ3v) is 3.86. The zero-order valence-corrected chi connectivity index (χ0v) is 14.9. The first-order valence-electron chi connectivity index (χ1n) is 8.22. The van der Waals surface area contributed by atoms with E-state index in [1.807, 2.05) is 61.5 Å². The van der Waals surface area contributed by atoms with Gasteiger partial charge < -0.3 is 19.5 Å². The lowest BCUT2D eigenvalue weighted by Crippen LogP contribution is -2.39. The van der Waals surface area contributed by atoms with Crippen LogP contribution in [0.4, 0.5) is 4.79 Å². The summed E-state index contributed by atoms with van der Waals surface area (Å²) in [7, 11) is 3.06. The normalized spacial score (nSPS) is 12.0. The zero-order chi connectivity index (χ0) is 18.1. The molecule has 134 valence electrons. The highest BCUT2D eigenvalue weighted by Gasteiger charge is 2.25. The van der Waals surface area contributed by atoms with Crippen LogP contribution >= 0.6 is 0 Å². The molecule has 0 bridgehead atoms. The second-order valence-corrected chi connectivity index (χ2v) is 5.81. The number of ether oxygens (including phenoxy) is 3. The molecule has 1 amide bonds. The number of rotatable bonds is 8. The Kier molecular flexibility index (Phi) is 7.44. The van der Waals surface area contributed by atoms with E-state index in [-0.39, 0.29) is 0 Å². The summed E-state index contributed by atoms with van der Waals surface area (Å²) in [5.74, 6) is 0. The highest BCUT2D eigenvalue weighted by molar-refractivity contribution is 5.67. The standard InChI is InChI=1S/C20H25NO4/c1-15-9-11-16(12-10-15)13-18(19(23-2)24-3)25-20(22)21-14-17-7-5-4-6-8-17/h4-12,18-19H,13-14H2,1-3H3,(H,21,22). The summed E-state index contributed by atoms with van der Waals surface area (Å²) in [6.45, 7) is 2.43. The first-order chi connectivity index (χ1) is 12.1. The minimum atomic E-state index is -0.635. The molecule has 0 heterocycles. The van der Waals surface area contributed by atoms with Crippen molar-refractivity contribution in [2.75, 3.05) is 14.2 Å². The van der Waals surface area contributed by atoms with Gasteiger partial charge in [-0.05, 0) is 18.1 Å². The highest BCUT2D eigenvalue weighted by atomic mass is 16.7. The number of alkyl carbamates (subject to hydrolysis) is 1. The Balaban J connectivity index is 1.97. The van der Waals surface area contributed by atoms with Crippen molar-refractivity contribution < 1.29 is 19.0 Å². The molecule has 0 radical (unpaired) electrons. The molecule has 0 saturated heterocycles. The lowest BCUT2D eigenvalue weighted by molar-refractivity contribution is -0.163. The molecule has 2 aromatic carbocycles. The Hall–Kier alpha value is -2.37. The Morgan fingerprint density at radius 2 is 1.60 bits per heavy atom. The smallest absolute Gasteiger partial charge is 0.407 e. The van der Waals surface area contributed by atoms with E-state index >= 15 is 0 Å². The monoisotopic (exact) mass is 343 g/mol. The highest BCUT2D eigenvalue weighted by Crippen LogP contribution is 2.14. The quantitative estimate of drug-likeness (QED) is 0.746. The summed E-state index contributed by atoms with van der Waals surface area (Å²) in [6, 6.07) is 17.7. The van der Waals surface area contributed by atoms with Gasteiger partial charge in [-0.25, -0.2) is 4.79 Å². The fourth-order valence-corrected chi connectivity index (χ4v) is 2.50. The Labute approximate surface area is 148 Å². The maximum absolute atomic E-state index is 12.2. The molecular weight excluding hydrogens is 318 g/mol. The van der Waals surface area contributed by atoms with E-state index in [1.54, 1.807) is 0 Å². The number of benzene rings is 2. The summed E-state index contributed by atoms with van der Waals surface area (Å²) >= 11 is 0. The van der Waals surface area contributed by atoms with Crippen LogP contribution in [-0.4, -0.2) is 32.7 Å². The minimum Gasteiger partial charge on any atom is -0.440 e. The van der Waals surface area contributed by atoms with E-state index in [0.29, 0.717) is 13.0 Å². The molecule has 0 saturated carbocycles. The first kappa shape index (κ1) is 19.0. The van der Waals surface area contributed by atoms with Crippen molar-refractivity contribution in [2.24, 2.45) is 0 Å². The summed E-state index contributed by atoms with van der Waals surface area (Å²) in [6.07, 6.45) is -1.18. The zero-order valence-electron chi connectivity index (χ0n) is 14.9. The lowest BCUT2D eigenvalue weighted by atomic mass is 10.1. The summed E-state index contributed by atoms with van der Waals surface area (Å²) in [5.41, 5.74) is 3.23. The number of hydrogen-bond acceptors (Lipinski definition) is 4. The number of aryl methyl sites for hydroxylation is 1. The van der Waals surface area contributed by atoms with Crippen LogP contribution in [0.5, 0.6) is 0 Å². The molecule has 5 nitrogen and oxygen atoms in total. The minimum absolute atomic E-state index is 0.404. The van der Waals surface area contributed by atoms with E-state index in [9.17, 15) is 4.79 Å². The average Bonchev–Trinajstić information content (AvgIpc) is 2.63. The van der Waals surface area contributed by atoms with Crippen molar-refractivity contribution in [3.8, 4) is 0 Å². The van der Waals surface area contributed by atoms with Crippen LogP contribution in [0.25, 0.3) is 0 Å². The number of methoxy groups -OCH3 is 2. The molecule has 0 aliphatic heterocycles. The molecule has 1 atom stereocenters. The Morgan fingerprint density at radius 1 is 0.960 bits per heavy atom. The maximum atomic E-state index is 12.2. The molecule has 0 aliphatic rings. The van der Waals surface area contributed by atoms with Gasteiger partial charge in [0.2, 0.25) is 0 Å². The van der Waals surface area contributed by atoms with Gasteiger partial charge in [0.15, 0.2) is 12.4 Å². The molecule has 0 fully saturated rings. The number of nitrogens with one attached hydrogen (secondary N) is 1. The van der Waals surface area contributed by atoms with Crippen LogP contribution in [-0.2, 0) is 27.2 Å². The van der Waals surface area contributed by atoms with E-state index < -0.39 is 18.5 Å². The van der Waals surface area contributed by atoms with Crippen molar-refractivity contribution in [1.82, 2.24) is 5.32 Å². The van der Waals surface area contributed by atoms with Gasteiger partial charge in [-0.2, -0.15) is 0 Å². The van der Waals surface area contributed by atoms with Gasteiger partial charge in [0, 0.05) is 27.2 Å². The van der Waals surface area contributed by atoms with E-state index in [2.05, 4.69) is 5.32 Å². The number of hydrogen-bond donors (Lipinski definition) is 1. The van der Waals surface area contributed by atoms with Gasteiger partial charge in [-0.15, -0.1) is 0 Å². The second-order valence-electron chi connectivity index (χ2n) is 5.81. The largest absolute Gasteiger partial charge is 0.440 e. The SMILES string of the molecule is COC(OC)C(Cc1ccc(C)cc1)OC(=O)NCc1ccccc1. The third kappa shape index (κ3) is 6.21. The third-order valence-electron chi connectivity index (χ3n) is 3.86. The molecule has 1 N–H and O–H groups in total. The summed E-state index contributed by atoms with van der Waals surface area (Å²) in [4.78, 5) is 12.2. The molecule has 25 heavy (non-hydrogen) atoms. The van der Waals surface area contributed by atoms with Gasteiger partial charge in [0.05, 0.1) is 0 Å². The molecule has 2 rings (SSSR count). The Bertz CT molecular complexity index is 639. The van der Waals surface area contributed by atoms with Crippen LogP contribution < -0.4 is 5.32 Å². The van der Waals surface area contributed by atoms with Crippen LogP contribution in [0, 0.1) is 6.92 Å². The number of amides is 1. The van der Waals surface area contributed by atoms with Gasteiger partial charge in [-0.3, -0.25) is 0 Å². The maximum Gasteiger partial charge on any atom is 0.407 e. The van der Waals surface area contributed by atoms with Crippen LogP contribution in [0.1, 0.15) is 16.7 Å². The second kappa shape index (κ2) is 9.81. The fraction of sp³-hybridized carbons (Fsp3) is 0.350. The molecular formula is C20H25NO4. The average molecular weight is 343 g/mol. The predicted molar refractivity (Wildman–Crippen MR) is 96.2 cm³/mol. The summed E-state index contributed by atoms with van der Waals surface area (Å²) < 4.78 is 16.1. The molecule has 5 heteroatoms. The van der Waals surface area contributed by atoms with Crippen molar-refractivity contribution in [2.45, 2.75) is 32.3 Å². The van der Waals surface area contributed by atoms with Crippen molar-refractivity contribution in [3.05, 3.63) is 71.3 Å². The van der Waals surface area contributed by atoms with E-state index in [4.69, 9.17) is 14.2 Å². The fourth-order valence-electron chi connectivity index (χ4n) is 2.50. The molecule has 0 aliphatic carbocycles. The van der Waals surface area contributed by atoms with Gasteiger partial charge >= 0.3 is 6.09 Å².